The minimum atomic E-state index is -0.221. The van der Waals surface area contributed by atoms with Crippen molar-refractivity contribution >= 4 is 22.5 Å². The van der Waals surface area contributed by atoms with Gasteiger partial charge in [-0.25, -0.2) is 0 Å². The van der Waals surface area contributed by atoms with Crippen LogP contribution in [0.25, 0.3) is 10.9 Å². The molecule has 1 aliphatic rings. The molecular formula is C21H21N3O. The van der Waals surface area contributed by atoms with Crippen molar-refractivity contribution in [3.63, 3.8) is 0 Å². The molecule has 25 heavy (non-hydrogen) atoms. The molecule has 0 saturated carbocycles. The van der Waals surface area contributed by atoms with E-state index in [1.807, 2.05) is 30.3 Å². The van der Waals surface area contributed by atoms with Crippen LogP contribution in [0, 0.1) is 6.92 Å². The second-order valence-electron chi connectivity index (χ2n) is 6.61. The highest BCUT2D eigenvalue weighted by atomic mass is 16.2. The summed E-state index contributed by atoms with van der Waals surface area (Å²) >= 11 is 0. The number of para-hydroxylation sites is 1. The summed E-state index contributed by atoms with van der Waals surface area (Å²) in [6.45, 7) is 2.93. The van der Waals surface area contributed by atoms with E-state index in [2.05, 4.69) is 46.8 Å². The summed E-state index contributed by atoms with van der Waals surface area (Å²) in [5, 5.41) is 7.45. The van der Waals surface area contributed by atoms with Crippen molar-refractivity contribution in [2.45, 2.75) is 25.3 Å². The number of nitrogens with zero attached hydrogens (tertiary/aromatic N) is 1. The number of rotatable bonds is 3. The average Bonchev–Trinajstić information content (AvgIpc) is 3.12. The fourth-order valence-corrected chi connectivity index (χ4v) is 3.57. The molecule has 0 unspecified atom stereocenters. The lowest BCUT2D eigenvalue weighted by atomic mass is 9.91. The predicted octanol–water partition coefficient (Wildman–Crippen LogP) is 3.63. The number of carbonyl (C=O) groups is 1. The van der Waals surface area contributed by atoms with E-state index in [9.17, 15) is 4.79 Å². The van der Waals surface area contributed by atoms with E-state index >= 15 is 0 Å². The van der Waals surface area contributed by atoms with Crippen LogP contribution in [0.15, 0.2) is 60.8 Å². The lowest BCUT2D eigenvalue weighted by Crippen LogP contribution is -2.39. The molecule has 4 heteroatoms. The summed E-state index contributed by atoms with van der Waals surface area (Å²) in [5.41, 5.74) is 4.03. The number of aromatic nitrogens is 1. The van der Waals surface area contributed by atoms with Crippen LogP contribution >= 0.6 is 0 Å². The first kappa shape index (κ1) is 15.8. The highest BCUT2D eigenvalue weighted by Gasteiger charge is 2.33. The number of benzene rings is 2. The van der Waals surface area contributed by atoms with Crippen molar-refractivity contribution in [3.05, 3.63) is 71.9 Å². The number of nitrogens with one attached hydrogen (secondary N) is 2. The lowest BCUT2D eigenvalue weighted by molar-refractivity contribution is -0.118. The van der Waals surface area contributed by atoms with E-state index in [-0.39, 0.29) is 17.9 Å². The number of fused-ring (bicyclic) bond motifs is 1. The quantitative estimate of drug-likeness (QED) is 0.770. The molecule has 4 rings (SSSR count). The van der Waals surface area contributed by atoms with Gasteiger partial charge in [-0.1, -0.05) is 48.0 Å². The van der Waals surface area contributed by atoms with Crippen molar-refractivity contribution in [3.8, 4) is 0 Å². The lowest BCUT2D eigenvalue weighted by Gasteiger charge is -2.20. The normalized spacial score (nSPS) is 19.9. The molecule has 1 saturated heterocycles. The largest absolute Gasteiger partial charge is 0.323 e. The summed E-state index contributed by atoms with van der Waals surface area (Å²) in [6.07, 6.45) is 2.72. The van der Waals surface area contributed by atoms with E-state index in [0.29, 0.717) is 0 Å². The summed E-state index contributed by atoms with van der Waals surface area (Å²) < 4.78 is 0. The van der Waals surface area contributed by atoms with Crippen LogP contribution in [0.2, 0.25) is 0 Å². The maximum Gasteiger partial charge on any atom is 0.242 e. The number of hydrogen-bond donors (Lipinski definition) is 2. The van der Waals surface area contributed by atoms with Gasteiger partial charge in [0.05, 0.1) is 17.2 Å². The monoisotopic (exact) mass is 331 g/mol. The maximum absolute atomic E-state index is 12.9. The average molecular weight is 331 g/mol. The van der Waals surface area contributed by atoms with Crippen LogP contribution in [0.3, 0.4) is 0 Å². The summed E-state index contributed by atoms with van der Waals surface area (Å²) in [5.74, 6) is 0.199. The topological polar surface area (TPSA) is 54.0 Å². The van der Waals surface area contributed by atoms with Gasteiger partial charge >= 0.3 is 0 Å². The predicted molar refractivity (Wildman–Crippen MR) is 101 cm³/mol. The summed E-state index contributed by atoms with van der Waals surface area (Å²) in [7, 11) is 0. The van der Waals surface area contributed by atoms with E-state index < -0.39 is 0 Å². The van der Waals surface area contributed by atoms with Crippen LogP contribution in [0.1, 0.15) is 23.5 Å². The van der Waals surface area contributed by atoms with Crippen molar-refractivity contribution in [1.29, 1.82) is 0 Å². The van der Waals surface area contributed by atoms with Gasteiger partial charge in [-0.05, 0) is 37.6 Å². The van der Waals surface area contributed by atoms with Crippen LogP contribution in [-0.2, 0) is 4.79 Å². The molecule has 0 bridgehead atoms. The van der Waals surface area contributed by atoms with Crippen molar-refractivity contribution in [2.24, 2.45) is 0 Å². The molecule has 2 aromatic carbocycles. The summed E-state index contributed by atoms with van der Waals surface area (Å²) in [6, 6.07) is 18.0. The Morgan fingerprint density at radius 2 is 1.92 bits per heavy atom. The molecule has 126 valence electrons. The number of anilines is 1. The molecule has 1 amide bonds. The fraction of sp³-hybridized carbons (Fsp3) is 0.238. The first-order chi connectivity index (χ1) is 12.2. The second kappa shape index (κ2) is 6.65. The number of pyridine rings is 1. The Bertz CT molecular complexity index is 899. The van der Waals surface area contributed by atoms with Crippen molar-refractivity contribution < 1.29 is 4.79 Å². The van der Waals surface area contributed by atoms with E-state index in [0.717, 1.165) is 29.6 Å². The van der Waals surface area contributed by atoms with Crippen molar-refractivity contribution in [1.82, 2.24) is 10.3 Å². The molecule has 2 atom stereocenters. The van der Waals surface area contributed by atoms with Gasteiger partial charge in [0.2, 0.25) is 5.91 Å². The fourth-order valence-electron chi connectivity index (χ4n) is 3.57. The van der Waals surface area contributed by atoms with Gasteiger partial charge in [0.15, 0.2) is 0 Å². The zero-order valence-electron chi connectivity index (χ0n) is 14.2. The third kappa shape index (κ3) is 3.13. The molecule has 1 aromatic heterocycles. The Morgan fingerprint density at radius 1 is 1.12 bits per heavy atom. The first-order valence-electron chi connectivity index (χ1n) is 8.67. The molecule has 0 aliphatic carbocycles. The third-order valence-electron chi connectivity index (χ3n) is 4.90. The van der Waals surface area contributed by atoms with Gasteiger partial charge in [0.25, 0.3) is 0 Å². The zero-order chi connectivity index (χ0) is 17.2. The van der Waals surface area contributed by atoms with E-state index in [4.69, 9.17) is 0 Å². The summed E-state index contributed by atoms with van der Waals surface area (Å²) in [4.78, 5) is 17.3. The van der Waals surface area contributed by atoms with E-state index in [1.165, 1.54) is 11.1 Å². The Balaban J connectivity index is 1.58. The Labute approximate surface area is 147 Å². The van der Waals surface area contributed by atoms with Gasteiger partial charge in [-0.2, -0.15) is 0 Å². The standard InChI is InChI=1S/C21H21N3O/c1-14-7-9-15(10-8-14)17-11-13-23-20(17)21(25)24-18-6-2-4-16-5-3-12-22-19(16)18/h2-10,12,17,20,23H,11,13H2,1H3,(H,24,25)/t17-,20-/m0/s1. The van der Waals surface area contributed by atoms with Gasteiger partial charge in [-0.3, -0.25) is 9.78 Å². The number of carbonyl (C=O) groups excluding carboxylic acids is 1. The number of hydrogen-bond acceptors (Lipinski definition) is 3. The highest BCUT2D eigenvalue weighted by Crippen LogP contribution is 2.29. The molecule has 4 nitrogen and oxygen atoms in total. The van der Waals surface area contributed by atoms with E-state index in [1.54, 1.807) is 6.20 Å². The molecule has 1 aliphatic heterocycles. The van der Waals surface area contributed by atoms with Crippen LogP contribution < -0.4 is 10.6 Å². The van der Waals surface area contributed by atoms with Gasteiger partial charge < -0.3 is 10.6 Å². The highest BCUT2D eigenvalue weighted by molar-refractivity contribution is 6.02. The molecule has 1 fully saturated rings. The van der Waals surface area contributed by atoms with Gasteiger partial charge in [0.1, 0.15) is 0 Å². The minimum absolute atomic E-state index is 0.00114. The zero-order valence-corrected chi connectivity index (χ0v) is 14.2. The van der Waals surface area contributed by atoms with Gasteiger partial charge in [0, 0.05) is 17.5 Å². The Hall–Kier alpha value is -2.72. The molecule has 2 heterocycles. The van der Waals surface area contributed by atoms with Crippen molar-refractivity contribution in [2.75, 3.05) is 11.9 Å². The first-order valence-corrected chi connectivity index (χ1v) is 8.67. The third-order valence-corrected chi connectivity index (χ3v) is 4.90. The number of aryl methyl sites for hydroxylation is 1. The number of amides is 1. The smallest absolute Gasteiger partial charge is 0.242 e. The van der Waals surface area contributed by atoms with Crippen LogP contribution in [-0.4, -0.2) is 23.5 Å². The van der Waals surface area contributed by atoms with Gasteiger partial charge in [-0.15, -0.1) is 0 Å². The van der Waals surface area contributed by atoms with Crippen LogP contribution in [0.4, 0.5) is 5.69 Å². The molecule has 0 radical (unpaired) electrons. The molecule has 3 aromatic rings. The molecular weight excluding hydrogens is 310 g/mol. The van der Waals surface area contributed by atoms with Crippen LogP contribution in [0.5, 0.6) is 0 Å². The SMILES string of the molecule is Cc1ccc([C@@H]2CCN[C@@H]2C(=O)Nc2cccc3cccnc23)cc1. The maximum atomic E-state index is 12.9. The minimum Gasteiger partial charge on any atom is -0.323 e. The second-order valence-corrected chi connectivity index (χ2v) is 6.61. The Kier molecular flexibility index (Phi) is 4.20. The molecule has 0 spiro atoms. The molecule has 2 N–H and O–H groups in total. The Morgan fingerprint density at radius 3 is 2.76 bits per heavy atom.